The predicted molar refractivity (Wildman–Crippen MR) is 126 cm³/mol. The van der Waals surface area contributed by atoms with Crippen LogP contribution in [0.4, 0.5) is 13.2 Å². The molecule has 170 valence electrons. The van der Waals surface area contributed by atoms with Crippen molar-refractivity contribution in [2.75, 3.05) is 0 Å². The number of halogens is 3. The van der Waals surface area contributed by atoms with Crippen LogP contribution in [0.2, 0.25) is 0 Å². The second kappa shape index (κ2) is 11.5. The minimum atomic E-state index is -0.748. The molecule has 0 radical (unpaired) electrons. The van der Waals surface area contributed by atoms with Crippen LogP contribution < -0.4 is 0 Å². The highest BCUT2D eigenvalue weighted by Crippen LogP contribution is 2.37. The minimum absolute atomic E-state index is 0.126. The van der Waals surface area contributed by atoms with Crippen molar-refractivity contribution in [2.24, 2.45) is 17.8 Å². The summed E-state index contributed by atoms with van der Waals surface area (Å²) in [6.45, 7) is 15.4. The lowest BCUT2D eigenvalue weighted by atomic mass is 9.79. The number of rotatable bonds is 9. The SMILES string of the molecule is C=C(C)/C(F)=C\C(=C)C(C)CCC(C)/C=C/c1ccc(C2CCC(C)CC2)c(F)c1F. The molecule has 0 N–H and O–H groups in total. The first-order valence-electron chi connectivity index (χ1n) is 11.5. The fourth-order valence-electron chi connectivity index (χ4n) is 4.09. The summed E-state index contributed by atoms with van der Waals surface area (Å²) in [6, 6.07) is 3.46. The average Bonchev–Trinajstić information content (AvgIpc) is 2.73. The third-order valence-corrected chi connectivity index (χ3v) is 6.61. The van der Waals surface area contributed by atoms with Crippen LogP contribution in [0.15, 0.2) is 54.4 Å². The lowest BCUT2D eigenvalue weighted by Gasteiger charge is -2.27. The zero-order valence-corrected chi connectivity index (χ0v) is 19.5. The summed E-state index contributed by atoms with van der Waals surface area (Å²) < 4.78 is 43.1. The van der Waals surface area contributed by atoms with Gasteiger partial charge in [0.2, 0.25) is 0 Å². The number of hydrogen-bond acceptors (Lipinski definition) is 0. The number of benzene rings is 1. The third kappa shape index (κ3) is 7.26. The molecule has 0 bridgehead atoms. The summed E-state index contributed by atoms with van der Waals surface area (Å²) >= 11 is 0. The standard InChI is InChI=1S/C28H37F3/c1-18(2)26(29)17-22(6)21(5)11-7-19(3)10-14-24-15-16-25(28(31)27(24)30)23-12-8-20(4)9-13-23/h10,14-17,19-21,23H,1,6-9,11-13H2,2-5H3/b14-10+,26-17+. The van der Waals surface area contributed by atoms with Crippen molar-refractivity contribution >= 4 is 6.08 Å². The topological polar surface area (TPSA) is 0 Å². The van der Waals surface area contributed by atoms with Crippen LogP contribution in [0.5, 0.6) is 0 Å². The Kier molecular flexibility index (Phi) is 9.40. The highest BCUT2D eigenvalue weighted by atomic mass is 19.2. The van der Waals surface area contributed by atoms with Crippen molar-refractivity contribution in [1.82, 2.24) is 0 Å². The summed E-state index contributed by atoms with van der Waals surface area (Å²) in [5, 5.41) is 0. The molecule has 1 saturated carbocycles. The molecule has 1 aliphatic rings. The molecule has 0 aromatic heterocycles. The maximum absolute atomic E-state index is 14.7. The Bertz CT molecular complexity index is 838. The summed E-state index contributed by atoms with van der Waals surface area (Å²) in [7, 11) is 0. The van der Waals surface area contributed by atoms with Gasteiger partial charge in [0.05, 0.1) is 0 Å². The van der Waals surface area contributed by atoms with Crippen molar-refractivity contribution in [3.05, 3.63) is 77.2 Å². The molecule has 1 aliphatic carbocycles. The van der Waals surface area contributed by atoms with E-state index < -0.39 is 11.6 Å². The van der Waals surface area contributed by atoms with Gasteiger partial charge in [-0.25, -0.2) is 13.2 Å². The molecule has 0 aliphatic heterocycles. The first kappa shape index (κ1) is 25.2. The Morgan fingerprint density at radius 1 is 1.06 bits per heavy atom. The molecule has 1 aromatic rings. The van der Waals surface area contributed by atoms with E-state index in [9.17, 15) is 13.2 Å². The van der Waals surface area contributed by atoms with E-state index in [1.165, 1.54) is 6.08 Å². The van der Waals surface area contributed by atoms with E-state index in [-0.39, 0.29) is 23.6 Å². The van der Waals surface area contributed by atoms with Gasteiger partial charge in [0.25, 0.3) is 0 Å². The van der Waals surface area contributed by atoms with Crippen LogP contribution in [0.1, 0.15) is 83.3 Å². The van der Waals surface area contributed by atoms with Gasteiger partial charge in [-0.3, -0.25) is 0 Å². The molecule has 0 spiro atoms. The van der Waals surface area contributed by atoms with Crippen molar-refractivity contribution in [3.8, 4) is 0 Å². The van der Waals surface area contributed by atoms with E-state index in [0.717, 1.165) is 44.1 Å². The van der Waals surface area contributed by atoms with Crippen LogP contribution in [0.3, 0.4) is 0 Å². The number of hydrogen-bond donors (Lipinski definition) is 0. The Morgan fingerprint density at radius 3 is 2.32 bits per heavy atom. The van der Waals surface area contributed by atoms with Gasteiger partial charge in [-0.05, 0) is 79.1 Å². The molecule has 2 rings (SSSR count). The van der Waals surface area contributed by atoms with E-state index in [4.69, 9.17) is 0 Å². The van der Waals surface area contributed by atoms with Crippen molar-refractivity contribution in [3.63, 3.8) is 0 Å². The molecule has 2 atom stereocenters. The molecule has 1 aromatic carbocycles. The molecule has 0 amide bonds. The highest BCUT2D eigenvalue weighted by molar-refractivity contribution is 5.51. The van der Waals surface area contributed by atoms with Gasteiger partial charge in [-0.2, -0.15) is 0 Å². The van der Waals surface area contributed by atoms with E-state index in [0.29, 0.717) is 22.6 Å². The van der Waals surface area contributed by atoms with E-state index >= 15 is 0 Å². The summed E-state index contributed by atoms with van der Waals surface area (Å²) in [6.07, 6.45) is 10.7. The van der Waals surface area contributed by atoms with Gasteiger partial charge in [-0.1, -0.05) is 71.1 Å². The smallest absolute Gasteiger partial charge is 0.166 e. The molecule has 0 nitrogen and oxygen atoms in total. The molecule has 31 heavy (non-hydrogen) atoms. The van der Waals surface area contributed by atoms with Gasteiger partial charge >= 0.3 is 0 Å². The maximum atomic E-state index is 14.7. The molecule has 0 saturated heterocycles. The van der Waals surface area contributed by atoms with Crippen LogP contribution in [0, 0.1) is 29.4 Å². The van der Waals surface area contributed by atoms with Crippen molar-refractivity contribution in [1.29, 1.82) is 0 Å². The van der Waals surface area contributed by atoms with E-state index in [1.54, 1.807) is 25.1 Å². The summed E-state index contributed by atoms with van der Waals surface area (Å²) in [5.74, 6) is -0.657. The van der Waals surface area contributed by atoms with Crippen LogP contribution >= 0.6 is 0 Å². The van der Waals surface area contributed by atoms with Crippen LogP contribution in [-0.4, -0.2) is 0 Å². The van der Waals surface area contributed by atoms with Gasteiger partial charge < -0.3 is 0 Å². The minimum Gasteiger partial charge on any atom is -0.207 e. The Labute approximate surface area is 186 Å². The highest BCUT2D eigenvalue weighted by Gasteiger charge is 2.24. The monoisotopic (exact) mass is 430 g/mol. The van der Waals surface area contributed by atoms with Gasteiger partial charge in [-0.15, -0.1) is 0 Å². The zero-order chi connectivity index (χ0) is 23.1. The molecule has 0 heterocycles. The first-order chi connectivity index (χ1) is 14.6. The molecule has 3 heteroatoms. The maximum Gasteiger partial charge on any atom is 0.166 e. The summed E-state index contributed by atoms with van der Waals surface area (Å²) in [5.41, 5.74) is 1.94. The normalized spacial score (nSPS) is 21.8. The Hall–Kier alpha value is -2.03. The zero-order valence-electron chi connectivity index (χ0n) is 19.5. The van der Waals surface area contributed by atoms with Gasteiger partial charge in [0.15, 0.2) is 11.6 Å². The molecular formula is C28H37F3. The second-order valence-corrected chi connectivity index (χ2v) is 9.49. The Balaban J connectivity index is 1.95. The van der Waals surface area contributed by atoms with E-state index in [1.807, 2.05) is 19.9 Å². The molecule has 2 unspecified atom stereocenters. The lowest BCUT2D eigenvalue weighted by molar-refractivity contribution is 0.339. The quantitative estimate of drug-likeness (QED) is 0.342. The third-order valence-electron chi connectivity index (χ3n) is 6.61. The average molecular weight is 431 g/mol. The Morgan fingerprint density at radius 2 is 1.71 bits per heavy atom. The summed E-state index contributed by atoms with van der Waals surface area (Å²) in [4.78, 5) is 0. The van der Waals surface area contributed by atoms with Crippen LogP contribution in [0.25, 0.3) is 6.08 Å². The molecular weight excluding hydrogens is 393 g/mol. The van der Waals surface area contributed by atoms with Gasteiger partial charge in [0, 0.05) is 5.56 Å². The largest absolute Gasteiger partial charge is 0.207 e. The van der Waals surface area contributed by atoms with E-state index in [2.05, 4.69) is 20.1 Å². The molecule has 1 fully saturated rings. The first-order valence-corrected chi connectivity index (χ1v) is 11.5. The lowest BCUT2D eigenvalue weighted by Crippen LogP contribution is -2.13. The number of allylic oxidation sites excluding steroid dienone is 5. The predicted octanol–water partition coefficient (Wildman–Crippen LogP) is 9.31. The fourth-order valence-corrected chi connectivity index (χ4v) is 4.09. The van der Waals surface area contributed by atoms with Crippen molar-refractivity contribution < 1.29 is 13.2 Å². The second-order valence-electron chi connectivity index (χ2n) is 9.49. The van der Waals surface area contributed by atoms with Gasteiger partial charge in [0.1, 0.15) is 5.83 Å². The van der Waals surface area contributed by atoms with Crippen molar-refractivity contribution in [2.45, 2.75) is 72.1 Å². The fraction of sp³-hybridized carbons (Fsp3) is 0.500. The van der Waals surface area contributed by atoms with Crippen LogP contribution in [-0.2, 0) is 0 Å².